The Morgan fingerprint density at radius 1 is 1.28 bits per heavy atom. The molecular weight excluding hydrogens is 316 g/mol. The number of nitrogens with zero attached hydrogens (tertiary/aromatic N) is 3. The van der Waals surface area contributed by atoms with Crippen molar-refractivity contribution < 1.29 is 9.53 Å². The summed E-state index contributed by atoms with van der Waals surface area (Å²) in [4.78, 5) is 19.0. The van der Waals surface area contributed by atoms with Crippen LogP contribution in [0.25, 0.3) is 0 Å². The van der Waals surface area contributed by atoms with Crippen molar-refractivity contribution in [1.82, 2.24) is 4.98 Å². The normalized spacial score (nSPS) is 14.6. The van der Waals surface area contributed by atoms with Crippen molar-refractivity contribution in [3.8, 4) is 11.8 Å². The lowest BCUT2D eigenvalue weighted by molar-refractivity contribution is -0.120. The number of carbonyl (C=O) groups is 1. The summed E-state index contributed by atoms with van der Waals surface area (Å²) in [6, 6.07) is 13.1. The number of carbonyl (C=O) groups excluding carboxylic acids is 1. The molecule has 1 aromatic heterocycles. The fraction of sp³-hybridized carbons (Fsp3) is 0.316. The Labute approximate surface area is 147 Å². The van der Waals surface area contributed by atoms with Gasteiger partial charge in [-0.25, -0.2) is 4.98 Å². The molecule has 2 aromatic rings. The van der Waals surface area contributed by atoms with E-state index in [9.17, 15) is 4.79 Å². The Morgan fingerprint density at radius 2 is 2.04 bits per heavy atom. The first-order chi connectivity index (χ1) is 12.2. The molecule has 1 fully saturated rings. The average Bonchev–Trinajstić information content (AvgIpc) is 2.68. The first kappa shape index (κ1) is 16.8. The molecule has 1 saturated heterocycles. The number of benzene rings is 1. The molecule has 0 bridgehead atoms. The van der Waals surface area contributed by atoms with Gasteiger partial charge in [0.1, 0.15) is 17.6 Å². The largest absolute Gasteiger partial charge is 0.495 e. The number of anilines is 2. The molecular formula is C19H20N4O2. The molecule has 1 aromatic carbocycles. The molecule has 2 heterocycles. The number of hydrogen-bond donors (Lipinski definition) is 1. The summed E-state index contributed by atoms with van der Waals surface area (Å²) >= 11 is 0. The van der Waals surface area contributed by atoms with Gasteiger partial charge in [0, 0.05) is 25.2 Å². The molecule has 0 spiro atoms. The van der Waals surface area contributed by atoms with Crippen molar-refractivity contribution in [2.75, 3.05) is 30.4 Å². The van der Waals surface area contributed by atoms with E-state index in [1.54, 1.807) is 19.4 Å². The smallest absolute Gasteiger partial charge is 0.227 e. The number of ether oxygens (including phenoxy) is 1. The fourth-order valence-electron chi connectivity index (χ4n) is 2.99. The quantitative estimate of drug-likeness (QED) is 0.929. The van der Waals surface area contributed by atoms with Crippen molar-refractivity contribution in [2.24, 2.45) is 5.92 Å². The predicted octanol–water partition coefficient (Wildman–Crippen LogP) is 2.82. The second-order valence-corrected chi connectivity index (χ2v) is 5.97. The van der Waals surface area contributed by atoms with Crippen LogP contribution in [0.4, 0.5) is 11.5 Å². The maximum absolute atomic E-state index is 12.5. The monoisotopic (exact) mass is 336 g/mol. The van der Waals surface area contributed by atoms with Gasteiger partial charge in [0.25, 0.3) is 0 Å². The van der Waals surface area contributed by atoms with E-state index in [0.29, 0.717) is 17.0 Å². The number of amides is 1. The highest BCUT2D eigenvalue weighted by Gasteiger charge is 2.26. The molecule has 6 nitrogen and oxygen atoms in total. The van der Waals surface area contributed by atoms with Gasteiger partial charge < -0.3 is 15.0 Å². The van der Waals surface area contributed by atoms with Gasteiger partial charge in [0.15, 0.2) is 0 Å². The molecule has 0 aliphatic carbocycles. The van der Waals surface area contributed by atoms with Gasteiger partial charge in [-0.2, -0.15) is 5.26 Å². The molecule has 1 aliphatic rings. The summed E-state index contributed by atoms with van der Waals surface area (Å²) in [6.45, 7) is 1.53. The van der Waals surface area contributed by atoms with Gasteiger partial charge in [-0.05, 0) is 37.1 Å². The highest BCUT2D eigenvalue weighted by molar-refractivity contribution is 5.94. The molecule has 1 aliphatic heterocycles. The zero-order valence-corrected chi connectivity index (χ0v) is 14.1. The van der Waals surface area contributed by atoms with E-state index in [1.807, 2.05) is 30.3 Å². The number of piperidine rings is 1. The van der Waals surface area contributed by atoms with Crippen LogP contribution in [0.15, 0.2) is 42.6 Å². The predicted molar refractivity (Wildman–Crippen MR) is 95.5 cm³/mol. The average molecular weight is 336 g/mol. The zero-order chi connectivity index (χ0) is 17.6. The standard InChI is InChI=1S/C19H20N4O2/c1-25-17-5-3-2-4-16(17)22-19(24)15-8-10-23(11-9-15)18-7-6-14(12-20)13-21-18/h2-7,13,15H,8-11H2,1H3,(H,22,24). The minimum atomic E-state index is -0.0282. The van der Waals surface area contributed by atoms with Crippen LogP contribution in [0.2, 0.25) is 0 Å². The minimum absolute atomic E-state index is 0.0249. The number of nitrogens with one attached hydrogen (secondary N) is 1. The molecule has 128 valence electrons. The van der Waals surface area contributed by atoms with Crippen molar-refractivity contribution in [3.05, 3.63) is 48.2 Å². The van der Waals surface area contributed by atoms with Crippen LogP contribution in [-0.4, -0.2) is 31.1 Å². The lowest BCUT2D eigenvalue weighted by Gasteiger charge is -2.32. The number of para-hydroxylation sites is 2. The third kappa shape index (κ3) is 3.89. The summed E-state index contributed by atoms with van der Waals surface area (Å²) < 4.78 is 5.27. The molecule has 0 unspecified atom stereocenters. The molecule has 6 heteroatoms. The first-order valence-corrected chi connectivity index (χ1v) is 8.26. The minimum Gasteiger partial charge on any atom is -0.495 e. The lowest BCUT2D eigenvalue weighted by Crippen LogP contribution is -2.38. The molecule has 3 rings (SSSR count). The van der Waals surface area contributed by atoms with E-state index >= 15 is 0 Å². The lowest BCUT2D eigenvalue weighted by atomic mass is 9.95. The Kier molecular flexibility index (Phi) is 5.14. The summed E-state index contributed by atoms with van der Waals surface area (Å²) in [5, 5.41) is 11.8. The van der Waals surface area contributed by atoms with E-state index in [2.05, 4.69) is 21.3 Å². The Bertz CT molecular complexity index is 775. The van der Waals surface area contributed by atoms with Crippen molar-refractivity contribution in [3.63, 3.8) is 0 Å². The summed E-state index contributed by atoms with van der Waals surface area (Å²) in [5.41, 5.74) is 1.25. The van der Waals surface area contributed by atoms with E-state index in [-0.39, 0.29) is 11.8 Å². The van der Waals surface area contributed by atoms with Crippen LogP contribution in [0.1, 0.15) is 18.4 Å². The zero-order valence-electron chi connectivity index (χ0n) is 14.1. The van der Waals surface area contributed by atoms with Crippen LogP contribution < -0.4 is 15.0 Å². The van der Waals surface area contributed by atoms with Gasteiger partial charge in [0.05, 0.1) is 18.4 Å². The van der Waals surface area contributed by atoms with Crippen molar-refractivity contribution in [1.29, 1.82) is 5.26 Å². The van der Waals surface area contributed by atoms with Crippen LogP contribution >= 0.6 is 0 Å². The molecule has 0 radical (unpaired) electrons. The van der Waals surface area contributed by atoms with Crippen LogP contribution in [-0.2, 0) is 4.79 Å². The molecule has 25 heavy (non-hydrogen) atoms. The number of rotatable bonds is 4. The fourth-order valence-corrected chi connectivity index (χ4v) is 2.99. The van der Waals surface area contributed by atoms with E-state index < -0.39 is 0 Å². The third-order valence-electron chi connectivity index (χ3n) is 4.43. The van der Waals surface area contributed by atoms with Gasteiger partial charge in [-0.15, -0.1) is 0 Å². The Morgan fingerprint density at radius 3 is 2.68 bits per heavy atom. The Balaban J connectivity index is 1.58. The number of nitriles is 1. The SMILES string of the molecule is COc1ccccc1NC(=O)C1CCN(c2ccc(C#N)cn2)CC1. The van der Waals surface area contributed by atoms with Crippen LogP contribution in [0.3, 0.4) is 0 Å². The second kappa shape index (κ2) is 7.67. The number of pyridine rings is 1. The summed E-state index contributed by atoms with van der Waals surface area (Å²) in [6.07, 6.45) is 3.11. The maximum atomic E-state index is 12.5. The summed E-state index contributed by atoms with van der Waals surface area (Å²) in [7, 11) is 1.59. The second-order valence-electron chi connectivity index (χ2n) is 5.97. The van der Waals surface area contributed by atoms with E-state index in [4.69, 9.17) is 10.00 Å². The van der Waals surface area contributed by atoms with Crippen molar-refractivity contribution in [2.45, 2.75) is 12.8 Å². The number of methoxy groups -OCH3 is 1. The first-order valence-electron chi connectivity index (χ1n) is 8.26. The van der Waals surface area contributed by atoms with Crippen molar-refractivity contribution >= 4 is 17.4 Å². The molecule has 0 saturated carbocycles. The molecule has 1 amide bonds. The number of hydrogen-bond acceptors (Lipinski definition) is 5. The van der Waals surface area contributed by atoms with E-state index in [0.717, 1.165) is 31.7 Å². The summed E-state index contributed by atoms with van der Waals surface area (Å²) in [5.74, 6) is 1.51. The highest BCUT2D eigenvalue weighted by atomic mass is 16.5. The highest BCUT2D eigenvalue weighted by Crippen LogP contribution is 2.26. The molecule has 1 N–H and O–H groups in total. The van der Waals surface area contributed by atoms with Gasteiger partial charge >= 0.3 is 0 Å². The van der Waals surface area contributed by atoms with Gasteiger partial charge in [0.2, 0.25) is 5.91 Å². The maximum Gasteiger partial charge on any atom is 0.227 e. The van der Waals surface area contributed by atoms with Gasteiger partial charge in [-0.1, -0.05) is 12.1 Å². The topological polar surface area (TPSA) is 78.2 Å². The molecule has 0 atom stereocenters. The van der Waals surface area contributed by atoms with E-state index in [1.165, 1.54) is 0 Å². The van der Waals surface area contributed by atoms with Gasteiger partial charge in [-0.3, -0.25) is 4.79 Å². The number of aromatic nitrogens is 1. The van der Waals surface area contributed by atoms with Crippen LogP contribution in [0.5, 0.6) is 5.75 Å². The Hall–Kier alpha value is -3.07. The van der Waals surface area contributed by atoms with Crippen LogP contribution in [0, 0.1) is 17.2 Å². The third-order valence-corrected chi connectivity index (χ3v) is 4.43.